The number of carbonyl (C=O) groups excluding carboxylic acids is 1. The molecule has 0 saturated carbocycles. The van der Waals surface area contributed by atoms with Gasteiger partial charge in [-0.05, 0) is 31.2 Å². The molecule has 0 aliphatic carbocycles. The van der Waals surface area contributed by atoms with E-state index in [-0.39, 0.29) is 12.1 Å². The number of hydrogen-bond donors (Lipinski definition) is 1. The first-order valence-corrected chi connectivity index (χ1v) is 7.73. The highest BCUT2D eigenvalue weighted by Crippen LogP contribution is 2.39. The molecular weight excluding hydrogens is 318 g/mol. The minimum atomic E-state index is -0.411. The number of fused-ring (bicyclic) bond motifs is 1. The number of thiophene rings is 1. The van der Waals surface area contributed by atoms with Crippen LogP contribution >= 0.6 is 11.3 Å². The van der Waals surface area contributed by atoms with Crippen LogP contribution in [0, 0.1) is 0 Å². The van der Waals surface area contributed by atoms with E-state index in [2.05, 4.69) is 20.6 Å². The molecule has 1 amide bonds. The topological polar surface area (TPSA) is 93.2 Å². The molecule has 0 unspecified atom stereocenters. The second-order valence-electron chi connectivity index (χ2n) is 4.92. The second kappa shape index (κ2) is 6.31. The molecule has 0 fully saturated rings. The molecular formula is C14H15N5O3S. The molecule has 9 heteroatoms. The Hall–Kier alpha value is -2.52. The number of aromatic amines is 1. The van der Waals surface area contributed by atoms with Crippen molar-refractivity contribution in [2.75, 3.05) is 12.2 Å². The zero-order valence-corrected chi connectivity index (χ0v) is 13.6. The van der Waals surface area contributed by atoms with Crippen molar-refractivity contribution in [3.63, 3.8) is 0 Å². The zero-order valence-electron chi connectivity index (χ0n) is 12.8. The summed E-state index contributed by atoms with van der Waals surface area (Å²) >= 11 is 1.33. The van der Waals surface area contributed by atoms with Crippen LogP contribution in [-0.2, 0) is 4.84 Å². The lowest BCUT2D eigenvalue weighted by molar-refractivity contribution is 0.0763. The van der Waals surface area contributed by atoms with Gasteiger partial charge in [0.1, 0.15) is 4.88 Å². The van der Waals surface area contributed by atoms with Gasteiger partial charge in [-0.2, -0.15) is 5.21 Å². The number of H-pyrrole nitrogens is 1. The third-order valence-electron chi connectivity index (χ3n) is 2.98. The van der Waals surface area contributed by atoms with E-state index in [0.717, 1.165) is 15.1 Å². The van der Waals surface area contributed by atoms with Crippen molar-refractivity contribution in [1.82, 2.24) is 20.6 Å². The molecule has 0 aliphatic heterocycles. The van der Waals surface area contributed by atoms with Crippen LogP contribution < -0.4 is 9.80 Å². The van der Waals surface area contributed by atoms with Crippen LogP contribution in [0.1, 0.15) is 23.5 Å². The fourth-order valence-corrected chi connectivity index (χ4v) is 3.16. The molecule has 3 rings (SSSR count). The maximum Gasteiger partial charge on any atom is 0.298 e. The fraction of sp³-hybridized carbons (Fsp3) is 0.286. The Morgan fingerprint density at radius 1 is 1.35 bits per heavy atom. The maximum atomic E-state index is 12.9. The highest BCUT2D eigenvalue weighted by molar-refractivity contribution is 7.21. The second-order valence-corrected chi connectivity index (χ2v) is 5.97. The van der Waals surface area contributed by atoms with Crippen molar-refractivity contribution < 1.29 is 14.4 Å². The predicted molar refractivity (Wildman–Crippen MR) is 85.6 cm³/mol. The molecule has 1 aromatic carbocycles. The monoisotopic (exact) mass is 333 g/mol. The minimum Gasteiger partial charge on any atom is -0.489 e. The Balaban J connectivity index is 2.09. The zero-order chi connectivity index (χ0) is 16.4. The van der Waals surface area contributed by atoms with Crippen LogP contribution in [0.15, 0.2) is 24.3 Å². The lowest BCUT2D eigenvalue weighted by atomic mass is 10.2. The summed E-state index contributed by atoms with van der Waals surface area (Å²) < 4.78 is 6.83. The fourth-order valence-electron chi connectivity index (χ4n) is 2.11. The first-order chi connectivity index (χ1) is 11.1. The van der Waals surface area contributed by atoms with Gasteiger partial charge in [-0.25, -0.2) is 0 Å². The summed E-state index contributed by atoms with van der Waals surface area (Å²) in [6, 6.07) is 7.69. The number of hydrogen-bond acceptors (Lipinski definition) is 7. The van der Waals surface area contributed by atoms with E-state index in [9.17, 15) is 4.79 Å². The number of nitrogens with zero attached hydrogens (tertiary/aromatic N) is 4. The van der Waals surface area contributed by atoms with E-state index >= 15 is 0 Å². The summed E-state index contributed by atoms with van der Waals surface area (Å²) in [5.41, 5.74) is 0. The lowest BCUT2D eigenvalue weighted by Gasteiger charge is -2.16. The number of hydroxylamine groups is 1. The maximum absolute atomic E-state index is 12.9. The van der Waals surface area contributed by atoms with Crippen LogP contribution in [-0.4, -0.2) is 39.7 Å². The number of benzene rings is 1. The first-order valence-electron chi connectivity index (χ1n) is 6.92. The van der Waals surface area contributed by atoms with Crippen LogP contribution in [0.4, 0.5) is 5.95 Å². The molecule has 1 N–H and O–H groups in total. The molecule has 0 aliphatic rings. The lowest BCUT2D eigenvalue weighted by Crippen LogP contribution is -2.30. The largest absolute Gasteiger partial charge is 0.489 e. The molecule has 120 valence electrons. The van der Waals surface area contributed by atoms with Gasteiger partial charge in [0, 0.05) is 10.1 Å². The molecule has 0 radical (unpaired) electrons. The number of anilines is 1. The normalized spacial score (nSPS) is 11.1. The van der Waals surface area contributed by atoms with Gasteiger partial charge in [-0.3, -0.25) is 9.63 Å². The molecule has 0 spiro atoms. The Morgan fingerprint density at radius 2 is 2.13 bits per heavy atom. The predicted octanol–water partition coefficient (Wildman–Crippen LogP) is 2.41. The van der Waals surface area contributed by atoms with E-state index in [1.54, 1.807) is 0 Å². The van der Waals surface area contributed by atoms with Crippen LogP contribution in [0.3, 0.4) is 0 Å². The summed E-state index contributed by atoms with van der Waals surface area (Å²) in [5, 5.41) is 15.1. The summed E-state index contributed by atoms with van der Waals surface area (Å²) in [5.74, 6) is 0.160. The van der Waals surface area contributed by atoms with Crippen molar-refractivity contribution in [3.05, 3.63) is 29.1 Å². The number of tetrazole rings is 1. The van der Waals surface area contributed by atoms with Crippen LogP contribution in [0.2, 0.25) is 0 Å². The van der Waals surface area contributed by atoms with Gasteiger partial charge in [0.2, 0.25) is 0 Å². The van der Waals surface area contributed by atoms with E-state index in [1.807, 2.05) is 38.1 Å². The molecule has 3 aromatic rings. The molecule has 2 heterocycles. The van der Waals surface area contributed by atoms with Crippen molar-refractivity contribution in [3.8, 4) is 5.75 Å². The third kappa shape index (κ3) is 2.88. The smallest absolute Gasteiger partial charge is 0.298 e. The summed E-state index contributed by atoms with van der Waals surface area (Å²) in [4.78, 5) is 18.4. The Morgan fingerprint density at radius 3 is 2.78 bits per heavy atom. The van der Waals surface area contributed by atoms with Gasteiger partial charge in [0.15, 0.2) is 5.75 Å². The summed E-state index contributed by atoms with van der Waals surface area (Å²) in [7, 11) is 1.37. The molecule has 2 aromatic heterocycles. The van der Waals surface area contributed by atoms with Gasteiger partial charge in [0.25, 0.3) is 11.9 Å². The van der Waals surface area contributed by atoms with Gasteiger partial charge in [-0.1, -0.05) is 17.2 Å². The van der Waals surface area contributed by atoms with E-state index in [1.165, 1.54) is 18.4 Å². The Kier molecular flexibility index (Phi) is 4.22. The SMILES string of the molecule is CON(C(=O)c1sc2ccccc2c1OC(C)C)c1nn[nH]n1. The quantitative estimate of drug-likeness (QED) is 0.721. The van der Waals surface area contributed by atoms with Crippen molar-refractivity contribution in [2.24, 2.45) is 0 Å². The number of amides is 1. The first kappa shape index (κ1) is 15.4. The average molecular weight is 333 g/mol. The van der Waals surface area contributed by atoms with Gasteiger partial charge in [0.05, 0.1) is 13.2 Å². The standard InChI is InChI=1S/C14H15N5O3S/c1-8(2)22-11-9-6-4-5-7-10(9)23-12(11)13(20)19(21-3)14-15-17-18-16-14/h4-8H,1-3H3,(H,15,16,17,18). The number of nitrogens with one attached hydrogen (secondary N) is 1. The summed E-state index contributed by atoms with van der Waals surface area (Å²) in [6.07, 6.45) is -0.0688. The van der Waals surface area contributed by atoms with E-state index in [0.29, 0.717) is 10.6 Å². The summed E-state index contributed by atoms with van der Waals surface area (Å²) in [6.45, 7) is 3.82. The van der Waals surface area contributed by atoms with Gasteiger partial charge in [-0.15, -0.1) is 21.5 Å². The number of carbonyl (C=O) groups is 1. The van der Waals surface area contributed by atoms with Crippen LogP contribution in [0.25, 0.3) is 10.1 Å². The van der Waals surface area contributed by atoms with Crippen molar-refractivity contribution in [2.45, 2.75) is 20.0 Å². The number of rotatable bonds is 5. The third-order valence-corrected chi connectivity index (χ3v) is 4.12. The molecule has 23 heavy (non-hydrogen) atoms. The Labute approximate surface area is 136 Å². The molecule has 0 saturated heterocycles. The van der Waals surface area contributed by atoms with Crippen molar-refractivity contribution >= 4 is 33.3 Å². The van der Waals surface area contributed by atoms with Crippen molar-refractivity contribution in [1.29, 1.82) is 0 Å². The van der Waals surface area contributed by atoms with E-state index < -0.39 is 5.91 Å². The number of aromatic nitrogens is 4. The van der Waals surface area contributed by atoms with Crippen LogP contribution in [0.5, 0.6) is 5.75 Å². The molecule has 0 atom stereocenters. The number of ether oxygens (including phenoxy) is 1. The molecule has 0 bridgehead atoms. The average Bonchev–Trinajstić information content (AvgIpc) is 3.16. The van der Waals surface area contributed by atoms with Gasteiger partial charge >= 0.3 is 0 Å². The highest BCUT2D eigenvalue weighted by Gasteiger charge is 2.28. The highest BCUT2D eigenvalue weighted by atomic mass is 32.1. The van der Waals surface area contributed by atoms with Gasteiger partial charge < -0.3 is 4.74 Å². The Bertz CT molecular complexity index is 815. The van der Waals surface area contributed by atoms with E-state index in [4.69, 9.17) is 9.57 Å². The molecule has 8 nitrogen and oxygen atoms in total. The minimum absolute atomic E-state index is 0.0328.